The van der Waals surface area contributed by atoms with Gasteiger partial charge in [0.25, 0.3) is 0 Å². The summed E-state index contributed by atoms with van der Waals surface area (Å²) in [6.45, 7) is 5.56. The molecule has 150 valence electrons. The maximum absolute atomic E-state index is 12.9. The van der Waals surface area contributed by atoms with E-state index in [0.29, 0.717) is 29.8 Å². The van der Waals surface area contributed by atoms with Gasteiger partial charge < -0.3 is 15.3 Å². The largest absolute Gasteiger partial charge is 0.507 e. The van der Waals surface area contributed by atoms with E-state index in [0.717, 1.165) is 24.4 Å². The molecule has 1 aromatic carbocycles. The van der Waals surface area contributed by atoms with Crippen molar-refractivity contribution in [2.75, 3.05) is 19.6 Å². The summed E-state index contributed by atoms with van der Waals surface area (Å²) in [7, 11) is 0. The second-order valence-corrected chi connectivity index (χ2v) is 7.72. The van der Waals surface area contributed by atoms with Crippen LogP contribution in [0.1, 0.15) is 29.7 Å². The highest BCUT2D eigenvalue weighted by atomic mass is 19.4. The first kappa shape index (κ1) is 19.1. The minimum Gasteiger partial charge on any atom is -0.507 e. The molecule has 2 bridgehead atoms. The zero-order chi connectivity index (χ0) is 19.9. The summed E-state index contributed by atoms with van der Waals surface area (Å²) in [5.41, 5.74) is 0.828. The Morgan fingerprint density at radius 1 is 1.18 bits per heavy atom. The molecule has 1 unspecified atom stereocenters. The van der Waals surface area contributed by atoms with Crippen molar-refractivity contribution in [2.45, 2.75) is 38.5 Å². The van der Waals surface area contributed by atoms with Crippen molar-refractivity contribution in [1.82, 2.24) is 20.4 Å². The molecule has 1 atom stereocenters. The number of fused-ring (bicyclic) bond motifs is 3. The van der Waals surface area contributed by atoms with Crippen LogP contribution >= 0.6 is 0 Å². The van der Waals surface area contributed by atoms with Gasteiger partial charge in [0.15, 0.2) is 0 Å². The number of phenolic OH excluding ortho intramolecular Hbond substituents is 1. The zero-order valence-corrected chi connectivity index (χ0v) is 15.6. The van der Waals surface area contributed by atoms with Gasteiger partial charge in [-0.15, -0.1) is 0 Å². The van der Waals surface area contributed by atoms with Crippen LogP contribution in [0.4, 0.5) is 13.2 Å². The number of nitrogens with zero attached hydrogens (tertiary/aromatic N) is 3. The van der Waals surface area contributed by atoms with Crippen molar-refractivity contribution in [3.05, 3.63) is 41.1 Å². The number of aryl methyl sites for hydroxylation is 1. The average molecular weight is 392 g/mol. The third-order valence-electron chi connectivity index (χ3n) is 5.82. The lowest BCUT2D eigenvalue weighted by Gasteiger charge is -2.45. The normalized spacial score (nSPS) is 24.5. The number of phenols is 1. The number of piperidine rings is 3. The highest BCUT2D eigenvalue weighted by Crippen LogP contribution is 2.38. The molecule has 8 heteroatoms. The molecule has 0 radical (unpaired) electrons. The number of halogens is 3. The molecule has 1 aromatic heterocycles. The summed E-state index contributed by atoms with van der Waals surface area (Å²) in [6, 6.07) is 5.69. The van der Waals surface area contributed by atoms with E-state index >= 15 is 0 Å². The highest BCUT2D eigenvalue weighted by Gasteiger charge is 2.34. The SMILES string of the molecule is Cc1cc(C(F)(F)F)cc(O)c1-c1ccc(CNC2CN3CCC2CC3)nn1. The van der Waals surface area contributed by atoms with Gasteiger partial charge in [-0.3, -0.25) is 0 Å². The lowest BCUT2D eigenvalue weighted by molar-refractivity contribution is -0.137. The standard InChI is InChI=1S/C20H23F3N4O/c1-12-8-14(20(21,22)23)9-18(28)19(12)16-3-2-15(25-26-16)10-24-17-11-27-6-4-13(17)5-7-27/h2-3,8-9,13,17,24,28H,4-7,10-11H2,1H3. The van der Waals surface area contributed by atoms with E-state index in [1.807, 2.05) is 0 Å². The van der Waals surface area contributed by atoms with Gasteiger partial charge in [0.05, 0.1) is 17.0 Å². The molecule has 3 aliphatic rings. The number of rotatable bonds is 4. The first-order valence-electron chi connectivity index (χ1n) is 9.51. The second kappa shape index (κ2) is 7.33. The predicted molar refractivity (Wildman–Crippen MR) is 98.7 cm³/mol. The maximum atomic E-state index is 12.9. The molecule has 28 heavy (non-hydrogen) atoms. The number of aromatic hydroxyl groups is 1. The van der Waals surface area contributed by atoms with Crippen molar-refractivity contribution in [2.24, 2.45) is 5.92 Å². The van der Waals surface area contributed by atoms with Crippen LogP contribution in [0.25, 0.3) is 11.3 Å². The molecule has 3 saturated heterocycles. The molecule has 0 amide bonds. The Balaban J connectivity index is 1.46. The van der Waals surface area contributed by atoms with Gasteiger partial charge in [0, 0.05) is 24.7 Å². The molecule has 3 aliphatic heterocycles. The molecular formula is C20H23F3N4O. The monoisotopic (exact) mass is 392 g/mol. The Hall–Kier alpha value is -2.19. The van der Waals surface area contributed by atoms with Crippen LogP contribution in [0.5, 0.6) is 5.75 Å². The first-order chi connectivity index (χ1) is 13.3. The fourth-order valence-electron chi connectivity index (χ4n) is 4.28. The molecule has 5 nitrogen and oxygen atoms in total. The van der Waals surface area contributed by atoms with Gasteiger partial charge in [-0.25, -0.2) is 0 Å². The number of alkyl halides is 3. The van der Waals surface area contributed by atoms with Crippen molar-refractivity contribution < 1.29 is 18.3 Å². The van der Waals surface area contributed by atoms with E-state index in [4.69, 9.17) is 0 Å². The number of benzene rings is 1. The zero-order valence-electron chi connectivity index (χ0n) is 15.6. The molecule has 5 rings (SSSR count). The van der Waals surface area contributed by atoms with E-state index in [9.17, 15) is 18.3 Å². The Morgan fingerprint density at radius 3 is 2.46 bits per heavy atom. The van der Waals surface area contributed by atoms with Crippen molar-refractivity contribution in [3.8, 4) is 17.0 Å². The minimum atomic E-state index is -4.50. The van der Waals surface area contributed by atoms with Crippen molar-refractivity contribution >= 4 is 0 Å². The molecule has 3 fully saturated rings. The average Bonchev–Trinajstić information content (AvgIpc) is 2.67. The summed E-state index contributed by atoms with van der Waals surface area (Å²) >= 11 is 0. The summed E-state index contributed by atoms with van der Waals surface area (Å²) in [5.74, 6) is 0.267. The summed E-state index contributed by atoms with van der Waals surface area (Å²) in [6.07, 6.45) is -2.04. The van der Waals surface area contributed by atoms with Crippen LogP contribution in [0.15, 0.2) is 24.3 Å². The lowest BCUT2D eigenvalue weighted by Crippen LogP contribution is -2.55. The topological polar surface area (TPSA) is 61.3 Å². The Labute approximate surface area is 161 Å². The van der Waals surface area contributed by atoms with E-state index in [1.165, 1.54) is 32.9 Å². The molecule has 2 N–H and O–H groups in total. The minimum absolute atomic E-state index is 0.275. The van der Waals surface area contributed by atoms with Crippen LogP contribution < -0.4 is 5.32 Å². The van der Waals surface area contributed by atoms with Gasteiger partial charge in [0.1, 0.15) is 5.75 Å². The van der Waals surface area contributed by atoms with Gasteiger partial charge >= 0.3 is 6.18 Å². The molecule has 0 spiro atoms. The van der Waals surface area contributed by atoms with E-state index in [-0.39, 0.29) is 5.56 Å². The van der Waals surface area contributed by atoms with Crippen LogP contribution in [0.3, 0.4) is 0 Å². The van der Waals surface area contributed by atoms with Crippen LogP contribution in [-0.4, -0.2) is 45.9 Å². The molecule has 0 aliphatic carbocycles. The number of hydrogen-bond donors (Lipinski definition) is 2. The molecular weight excluding hydrogens is 369 g/mol. The lowest BCUT2D eigenvalue weighted by atomic mass is 9.84. The molecule has 0 saturated carbocycles. The van der Waals surface area contributed by atoms with E-state index < -0.39 is 17.5 Å². The quantitative estimate of drug-likeness (QED) is 0.836. The fourth-order valence-corrected chi connectivity index (χ4v) is 4.28. The Kier molecular flexibility index (Phi) is 5.01. The predicted octanol–water partition coefficient (Wildman–Crippen LogP) is 3.36. The number of hydrogen-bond acceptors (Lipinski definition) is 5. The Bertz CT molecular complexity index is 823. The van der Waals surface area contributed by atoms with Gasteiger partial charge in [-0.05, 0) is 68.6 Å². The fraction of sp³-hybridized carbons (Fsp3) is 0.500. The second-order valence-electron chi connectivity index (χ2n) is 7.72. The van der Waals surface area contributed by atoms with Crippen LogP contribution in [0.2, 0.25) is 0 Å². The van der Waals surface area contributed by atoms with Gasteiger partial charge in [0.2, 0.25) is 0 Å². The molecule has 4 heterocycles. The van der Waals surface area contributed by atoms with E-state index in [1.54, 1.807) is 12.1 Å². The highest BCUT2D eigenvalue weighted by molar-refractivity contribution is 5.71. The first-order valence-corrected chi connectivity index (χ1v) is 9.51. The Morgan fingerprint density at radius 2 is 1.93 bits per heavy atom. The van der Waals surface area contributed by atoms with Gasteiger partial charge in [-0.2, -0.15) is 23.4 Å². The summed E-state index contributed by atoms with van der Waals surface area (Å²) in [5, 5.41) is 22.0. The molecule has 2 aromatic rings. The van der Waals surface area contributed by atoms with Crippen molar-refractivity contribution in [1.29, 1.82) is 0 Å². The van der Waals surface area contributed by atoms with E-state index in [2.05, 4.69) is 20.4 Å². The van der Waals surface area contributed by atoms with Crippen molar-refractivity contribution in [3.63, 3.8) is 0 Å². The maximum Gasteiger partial charge on any atom is 0.416 e. The summed E-state index contributed by atoms with van der Waals surface area (Å²) < 4.78 is 38.6. The van der Waals surface area contributed by atoms with Crippen LogP contribution in [-0.2, 0) is 12.7 Å². The smallest absolute Gasteiger partial charge is 0.416 e. The summed E-state index contributed by atoms with van der Waals surface area (Å²) in [4.78, 5) is 2.47. The van der Waals surface area contributed by atoms with Gasteiger partial charge in [-0.1, -0.05) is 0 Å². The third kappa shape index (κ3) is 3.84. The van der Waals surface area contributed by atoms with Crippen LogP contribution in [0, 0.1) is 12.8 Å². The number of aromatic nitrogens is 2. The third-order valence-corrected chi connectivity index (χ3v) is 5.82. The number of nitrogens with one attached hydrogen (secondary N) is 1.